The van der Waals surface area contributed by atoms with Gasteiger partial charge in [-0.05, 0) is 18.7 Å². The molecule has 0 saturated heterocycles. The molecule has 0 aliphatic rings. The van der Waals surface area contributed by atoms with Crippen LogP contribution in [0.15, 0.2) is 18.2 Å². The Balaban J connectivity index is 3.17. The lowest BCUT2D eigenvalue weighted by Gasteiger charge is -2.18. The fourth-order valence-corrected chi connectivity index (χ4v) is 1.49. The highest BCUT2D eigenvalue weighted by Crippen LogP contribution is 2.41. The number of halogens is 3. The summed E-state index contributed by atoms with van der Waals surface area (Å²) in [5.74, 6) is -3.69. The fraction of sp³-hybridized carbons (Fsp3) is 0.333. The molecule has 0 unspecified atom stereocenters. The number of benzene rings is 1. The van der Waals surface area contributed by atoms with Crippen LogP contribution in [0.5, 0.6) is 5.75 Å². The summed E-state index contributed by atoms with van der Waals surface area (Å²) in [4.78, 5) is 0. The summed E-state index contributed by atoms with van der Waals surface area (Å²) in [5, 5.41) is 9.10. The molecule has 0 aliphatic heterocycles. The molecule has 14 heavy (non-hydrogen) atoms. The first-order chi connectivity index (χ1) is 6.49. The van der Waals surface area contributed by atoms with Crippen LogP contribution in [0.4, 0.5) is 8.78 Å². The van der Waals surface area contributed by atoms with Crippen molar-refractivity contribution in [1.29, 1.82) is 0 Å². The van der Waals surface area contributed by atoms with Crippen molar-refractivity contribution in [2.75, 3.05) is 6.54 Å². The van der Waals surface area contributed by atoms with Crippen LogP contribution in [0.1, 0.15) is 12.0 Å². The molecule has 1 aromatic carbocycles. The van der Waals surface area contributed by atoms with Crippen molar-refractivity contribution in [2.45, 2.75) is 12.3 Å². The van der Waals surface area contributed by atoms with E-state index in [0.717, 1.165) is 0 Å². The van der Waals surface area contributed by atoms with Crippen LogP contribution < -0.4 is 5.73 Å². The van der Waals surface area contributed by atoms with Gasteiger partial charge >= 0.3 is 0 Å². The molecular formula is C9H10ClF2NO. The van der Waals surface area contributed by atoms with Gasteiger partial charge in [0.1, 0.15) is 5.75 Å². The number of aromatic hydroxyl groups is 1. The zero-order chi connectivity index (χ0) is 10.8. The van der Waals surface area contributed by atoms with Gasteiger partial charge in [0.25, 0.3) is 5.92 Å². The third kappa shape index (κ3) is 2.13. The Morgan fingerprint density at radius 2 is 2.07 bits per heavy atom. The van der Waals surface area contributed by atoms with Gasteiger partial charge in [0.15, 0.2) is 0 Å². The predicted molar refractivity (Wildman–Crippen MR) is 50.7 cm³/mol. The summed E-state index contributed by atoms with van der Waals surface area (Å²) in [6.45, 7) is -0.169. The van der Waals surface area contributed by atoms with Gasteiger partial charge in [0, 0.05) is 6.42 Å². The molecule has 0 aromatic heterocycles. The van der Waals surface area contributed by atoms with Gasteiger partial charge in [-0.1, -0.05) is 17.7 Å². The molecule has 5 heteroatoms. The Hall–Kier alpha value is -0.870. The molecule has 0 spiro atoms. The van der Waals surface area contributed by atoms with E-state index in [-0.39, 0.29) is 11.6 Å². The standard InChI is InChI=1S/C9H10ClF2NO/c10-6-2-1-3-7(14)8(6)9(11,12)4-5-13/h1-3,14H,4-5,13H2. The highest BCUT2D eigenvalue weighted by Gasteiger charge is 2.35. The molecule has 0 aliphatic carbocycles. The Bertz CT molecular complexity index is 310. The molecule has 0 heterocycles. The van der Waals surface area contributed by atoms with Crippen molar-refractivity contribution < 1.29 is 13.9 Å². The summed E-state index contributed by atoms with van der Waals surface area (Å²) < 4.78 is 26.7. The molecule has 0 amide bonds. The van der Waals surface area contributed by atoms with E-state index < -0.39 is 23.7 Å². The quantitative estimate of drug-likeness (QED) is 0.824. The Kier molecular flexibility index (Phi) is 3.29. The number of phenolic OH excluding ortho intramolecular Hbond substituents is 1. The van der Waals surface area contributed by atoms with Gasteiger partial charge in [0.2, 0.25) is 0 Å². The second-order valence-corrected chi connectivity index (χ2v) is 3.28. The van der Waals surface area contributed by atoms with E-state index >= 15 is 0 Å². The second kappa shape index (κ2) is 4.11. The van der Waals surface area contributed by atoms with E-state index in [4.69, 9.17) is 17.3 Å². The molecule has 1 aromatic rings. The van der Waals surface area contributed by atoms with E-state index in [1.165, 1.54) is 18.2 Å². The highest BCUT2D eigenvalue weighted by molar-refractivity contribution is 6.31. The molecule has 0 bridgehead atoms. The van der Waals surface area contributed by atoms with Crippen LogP contribution in [0.25, 0.3) is 0 Å². The summed E-state index contributed by atoms with van der Waals surface area (Å²) in [6.07, 6.45) is -0.537. The second-order valence-electron chi connectivity index (χ2n) is 2.88. The molecule has 0 atom stereocenters. The summed E-state index contributed by atoms with van der Waals surface area (Å²) >= 11 is 5.57. The average molecular weight is 222 g/mol. The first kappa shape index (κ1) is 11.2. The first-order valence-electron chi connectivity index (χ1n) is 4.05. The lowest BCUT2D eigenvalue weighted by atomic mass is 10.0. The maximum atomic E-state index is 13.4. The zero-order valence-electron chi connectivity index (χ0n) is 7.30. The molecule has 0 fully saturated rings. The monoisotopic (exact) mass is 221 g/mol. The topological polar surface area (TPSA) is 46.2 Å². The normalized spacial score (nSPS) is 11.7. The zero-order valence-corrected chi connectivity index (χ0v) is 8.06. The number of phenols is 1. The molecule has 2 nitrogen and oxygen atoms in total. The van der Waals surface area contributed by atoms with E-state index in [0.29, 0.717) is 0 Å². The van der Waals surface area contributed by atoms with Gasteiger partial charge in [-0.2, -0.15) is 0 Å². The van der Waals surface area contributed by atoms with Crippen molar-refractivity contribution in [2.24, 2.45) is 5.73 Å². The van der Waals surface area contributed by atoms with Crippen LogP contribution in [-0.2, 0) is 5.92 Å². The van der Waals surface area contributed by atoms with Crippen molar-refractivity contribution in [3.8, 4) is 5.75 Å². The minimum atomic E-state index is -3.18. The average Bonchev–Trinajstić information content (AvgIpc) is 2.02. The van der Waals surface area contributed by atoms with Gasteiger partial charge < -0.3 is 10.8 Å². The molecular weight excluding hydrogens is 212 g/mol. The van der Waals surface area contributed by atoms with E-state index in [2.05, 4.69) is 0 Å². The van der Waals surface area contributed by atoms with Crippen LogP contribution >= 0.6 is 11.6 Å². The van der Waals surface area contributed by atoms with Crippen molar-refractivity contribution >= 4 is 11.6 Å². The van der Waals surface area contributed by atoms with Crippen molar-refractivity contribution in [3.05, 3.63) is 28.8 Å². The SMILES string of the molecule is NCCC(F)(F)c1c(O)cccc1Cl. The Morgan fingerprint density at radius 3 is 2.57 bits per heavy atom. The van der Waals surface area contributed by atoms with Gasteiger partial charge in [-0.15, -0.1) is 0 Å². The van der Waals surface area contributed by atoms with Crippen molar-refractivity contribution in [3.63, 3.8) is 0 Å². The molecule has 3 N–H and O–H groups in total. The number of hydrogen-bond acceptors (Lipinski definition) is 2. The minimum Gasteiger partial charge on any atom is -0.507 e. The van der Waals surface area contributed by atoms with Crippen LogP contribution in [0.2, 0.25) is 5.02 Å². The largest absolute Gasteiger partial charge is 0.507 e. The molecule has 78 valence electrons. The van der Waals surface area contributed by atoms with E-state index in [1.807, 2.05) is 0 Å². The molecule has 0 radical (unpaired) electrons. The maximum absolute atomic E-state index is 13.4. The summed E-state index contributed by atoms with van der Waals surface area (Å²) in [7, 11) is 0. The van der Waals surface area contributed by atoms with Gasteiger partial charge in [-0.25, -0.2) is 8.78 Å². The number of hydrogen-bond donors (Lipinski definition) is 2. The number of nitrogens with two attached hydrogens (primary N) is 1. The van der Waals surface area contributed by atoms with Crippen LogP contribution in [0, 0.1) is 0 Å². The summed E-state index contributed by atoms with van der Waals surface area (Å²) in [5.41, 5.74) is 4.50. The van der Waals surface area contributed by atoms with E-state index in [9.17, 15) is 13.9 Å². The van der Waals surface area contributed by atoms with Crippen LogP contribution in [0.3, 0.4) is 0 Å². The highest BCUT2D eigenvalue weighted by atomic mass is 35.5. The smallest absolute Gasteiger partial charge is 0.279 e. The summed E-state index contributed by atoms with van der Waals surface area (Å²) in [6, 6.07) is 3.88. The van der Waals surface area contributed by atoms with E-state index in [1.54, 1.807) is 0 Å². The maximum Gasteiger partial charge on any atom is 0.279 e. The fourth-order valence-electron chi connectivity index (χ4n) is 1.18. The van der Waals surface area contributed by atoms with Crippen molar-refractivity contribution in [1.82, 2.24) is 0 Å². The molecule has 0 saturated carbocycles. The number of rotatable bonds is 3. The third-order valence-corrected chi connectivity index (χ3v) is 2.13. The lowest BCUT2D eigenvalue weighted by molar-refractivity contribution is -0.0126. The predicted octanol–water partition coefficient (Wildman–Crippen LogP) is 2.49. The molecule has 1 rings (SSSR count). The Morgan fingerprint density at radius 1 is 1.43 bits per heavy atom. The van der Waals surface area contributed by atoms with Gasteiger partial charge in [0.05, 0.1) is 10.6 Å². The lowest BCUT2D eigenvalue weighted by Crippen LogP contribution is -2.19. The van der Waals surface area contributed by atoms with Crippen LogP contribution in [-0.4, -0.2) is 11.7 Å². The van der Waals surface area contributed by atoms with Gasteiger partial charge in [-0.3, -0.25) is 0 Å². The minimum absolute atomic E-state index is 0.150. The third-order valence-electron chi connectivity index (χ3n) is 1.82. The Labute approximate surface area is 85.3 Å². The number of alkyl halides is 2. The first-order valence-corrected chi connectivity index (χ1v) is 4.42.